The van der Waals surface area contributed by atoms with Crippen molar-refractivity contribution in [2.75, 3.05) is 6.54 Å². The van der Waals surface area contributed by atoms with Gasteiger partial charge in [-0.2, -0.15) is 0 Å². The highest BCUT2D eigenvalue weighted by Crippen LogP contribution is 2.37. The first-order valence-electron chi connectivity index (χ1n) is 6.28. The molecule has 0 aliphatic heterocycles. The van der Waals surface area contributed by atoms with Crippen LogP contribution in [0.4, 0.5) is 0 Å². The van der Waals surface area contributed by atoms with E-state index in [4.69, 9.17) is 5.73 Å². The van der Waals surface area contributed by atoms with Gasteiger partial charge in [0, 0.05) is 0 Å². The van der Waals surface area contributed by atoms with Crippen LogP contribution in [0.3, 0.4) is 0 Å². The van der Waals surface area contributed by atoms with Gasteiger partial charge in [0.05, 0.1) is 0 Å². The molecule has 1 aliphatic carbocycles. The summed E-state index contributed by atoms with van der Waals surface area (Å²) in [6.07, 6.45) is 6.35. The minimum absolute atomic E-state index is 0.362. The lowest BCUT2D eigenvalue weighted by Crippen LogP contribution is -2.16. The molecule has 0 saturated heterocycles. The fourth-order valence-electron chi connectivity index (χ4n) is 2.77. The quantitative estimate of drug-likeness (QED) is 0.821. The van der Waals surface area contributed by atoms with Crippen LogP contribution in [0.1, 0.15) is 43.6 Å². The third-order valence-corrected chi connectivity index (χ3v) is 3.79. The minimum atomic E-state index is 0.362. The van der Waals surface area contributed by atoms with Gasteiger partial charge in [0.2, 0.25) is 0 Å². The normalized spacial score (nSPS) is 25.6. The fourth-order valence-corrected chi connectivity index (χ4v) is 2.77. The van der Waals surface area contributed by atoms with Crippen LogP contribution in [0.25, 0.3) is 0 Å². The molecule has 1 fully saturated rings. The Morgan fingerprint density at radius 2 is 1.69 bits per heavy atom. The lowest BCUT2D eigenvalue weighted by Gasteiger charge is -2.28. The van der Waals surface area contributed by atoms with E-state index < -0.39 is 0 Å². The van der Waals surface area contributed by atoms with Crippen molar-refractivity contribution in [1.82, 2.24) is 0 Å². The first-order valence-corrected chi connectivity index (χ1v) is 6.28. The van der Waals surface area contributed by atoms with Crippen molar-refractivity contribution in [3.8, 4) is 5.75 Å². The zero-order valence-electron chi connectivity index (χ0n) is 9.73. The highest BCUT2D eigenvalue weighted by molar-refractivity contribution is 5.28. The van der Waals surface area contributed by atoms with E-state index in [2.05, 4.69) is 12.1 Å². The summed E-state index contributed by atoms with van der Waals surface area (Å²) in [5.74, 6) is 1.90. The second-order valence-corrected chi connectivity index (χ2v) is 4.89. The molecule has 1 saturated carbocycles. The first kappa shape index (κ1) is 11.5. The minimum Gasteiger partial charge on any atom is -0.508 e. The molecule has 3 N–H and O–H groups in total. The van der Waals surface area contributed by atoms with Crippen molar-refractivity contribution < 1.29 is 5.11 Å². The summed E-state index contributed by atoms with van der Waals surface area (Å²) in [6.45, 7) is 0.828. The van der Waals surface area contributed by atoms with E-state index in [9.17, 15) is 5.11 Å². The Balaban J connectivity index is 1.91. The molecule has 16 heavy (non-hydrogen) atoms. The van der Waals surface area contributed by atoms with Gasteiger partial charge in [-0.25, -0.2) is 0 Å². The molecule has 1 aromatic rings. The van der Waals surface area contributed by atoms with Crippen LogP contribution in [-0.4, -0.2) is 11.7 Å². The lowest BCUT2D eigenvalue weighted by atomic mass is 9.77. The molecule has 1 aliphatic rings. The summed E-state index contributed by atoms with van der Waals surface area (Å²) >= 11 is 0. The lowest BCUT2D eigenvalue weighted by molar-refractivity contribution is 0.313. The number of aromatic hydroxyl groups is 1. The highest BCUT2D eigenvalue weighted by Gasteiger charge is 2.21. The number of benzene rings is 1. The van der Waals surface area contributed by atoms with Crippen molar-refractivity contribution in [1.29, 1.82) is 0 Å². The van der Waals surface area contributed by atoms with Gasteiger partial charge in [0.25, 0.3) is 0 Å². The maximum atomic E-state index is 9.25. The van der Waals surface area contributed by atoms with Crippen LogP contribution >= 0.6 is 0 Å². The zero-order chi connectivity index (χ0) is 11.4. The molecule has 0 spiro atoms. The second-order valence-electron chi connectivity index (χ2n) is 4.89. The Labute approximate surface area is 97.5 Å². The summed E-state index contributed by atoms with van der Waals surface area (Å²) in [6, 6.07) is 7.70. The Morgan fingerprint density at radius 1 is 1.06 bits per heavy atom. The van der Waals surface area contributed by atoms with Crippen molar-refractivity contribution in [3.63, 3.8) is 0 Å². The average molecular weight is 219 g/mol. The summed E-state index contributed by atoms with van der Waals surface area (Å²) < 4.78 is 0. The largest absolute Gasteiger partial charge is 0.508 e. The van der Waals surface area contributed by atoms with Crippen molar-refractivity contribution >= 4 is 0 Å². The standard InChI is InChI=1S/C14H21NO/c15-10-9-11-1-3-12(4-2-11)13-5-7-14(16)8-6-13/h5-8,11-12,16H,1-4,9-10,15H2. The van der Waals surface area contributed by atoms with Gasteiger partial charge in [-0.3, -0.25) is 0 Å². The molecule has 2 nitrogen and oxygen atoms in total. The number of rotatable bonds is 3. The summed E-state index contributed by atoms with van der Waals surface area (Å²) in [7, 11) is 0. The van der Waals surface area contributed by atoms with Crippen LogP contribution in [0.5, 0.6) is 5.75 Å². The van der Waals surface area contributed by atoms with Crippen LogP contribution in [-0.2, 0) is 0 Å². The van der Waals surface area contributed by atoms with Crippen molar-refractivity contribution in [2.24, 2.45) is 11.7 Å². The second kappa shape index (κ2) is 5.35. The summed E-state index contributed by atoms with van der Waals surface area (Å²) in [4.78, 5) is 0. The predicted molar refractivity (Wildman–Crippen MR) is 66.5 cm³/mol. The molecule has 2 rings (SSSR count). The maximum Gasteiger partial charge on any atom is 0.115 e. The van der Waals surface area contributed by atoms with Gasteiger partial charge in [0.1, 0.15) is 5.75 Å². The smallest absolute Gasteiger partial charge is 0.115 e. The molecule has 0 radical (unpaired) electrons. The SMILES string of the molecule is NCCC1CCC(c2ccc(O)cc2)CC1. The third kappa shape index (κ3) is 2.76. The van der Waals surface area contributed by atoms with Gasteiger partial charge in [-0.05, 0) is 68.2 Å². The Kier molecular flexibility index (Phi) is 3.83. The van der Waals surface area contributed by atoms with Crippen LogP contribution in [0.2, 0.25) is 0 Å². The number of hydrogen-bond donors (Lipinski definition) is 2. The number of phenolic OH excluding ortho intramolecular Hbond substituents is 1. The first-order chi connectivity index (χ1) is 7.79. The highest BCUT2D eigenvalue weighted by atomic mass is 16.3. The van der Waals surface area contributed by atoms with E-state index in [1.165, 1.54) is 37.7 Å². The number of nitrogens with two attached hydrogens (primary N) is 1. The van der Waals surface area contributed by atoms with Crippen molar-refractivity contribution in [3.05, 3.63) is 29.8 Å². The summed E-state index contributed by atoms with van der Waals surface area (Å²) in [5.41, 5.74) is 6.97. The van der Waals surface area contributed by atoms with Gasteiger partial charge >= 0.3 is 0 Å². The fraction of sp³-hybridized carbons (Fsp3) is 0.571. The van der Waals surface area contributed by atoms with Crippen LogP contribution in [0.15, 0.2) is 24.3 Å². The van der Waals surface area contributed by atoms with Crippen molar-refractivity contribution in [2.45, 2.75) is 38.0 Å². The molecule has 0 heterocycles. The predicted octanol–water partition coefficient (Wildman–Crippen LogP) is 3.01. The maximum absolute atomic E-state index is 9.25. The van der Waals surface area contributed by atoms with Crippen LogP contribution < -0.4 is 5.73 Å². The van der Waals surface area contributed by atoms with Gasteiger partial charge < -0.3 is 10.8 Å². The third-order valence-electron chi connectivity index (χ3n) is 3.79. The molecule has 88 valence electrons. The number of hydrogen-bond acceptors (Lipinski definition) is 2. The average Bonchev–Trinajstić information content (AvgIpc) is 2.32. The van der Waals surface area contributed by atoms with Gasteiger partial charge in [0.15, 0.2) is 0 Å². The summed E-state index contributed by atoms with van der Waals surface area (Å²) in [5, 5.41) is 9.25. The van der Waals surface area contributed by atoms with E-state index in [1.54, 1.807) is 12.1 Å². The Bertz CT molecular complexity index is 312. The molecule has 1 aromatic carbocycles. The van der Waals surface area contributed by atoms with E-state index in [0.717, 1.165) is 12.5 Å². The Hall–Kier alpha value is -1.02. The molecule has 0 bridgehead atoms. The van der Waals surface area contributed by atoms with E-state index in [0.29, 0.717) is 11.7 Å². The molecule has 0 aromatic heterocycles. The van der Waals surface area contributed by atoms with E-state index in [1.807, 2.05) is 0 Å². The molecule has 0 amide bonds. The molecular formula is C14H21NO. The Morgan fingerprint density at radius 3 is 2.25 bits per heavy atom. The van der Waals surface area contributed by atoms with E-state index >= 15 is 0 Å². The van der Waals surface area contributed by atoms with Gasteiger partial charge in [-0.1, -0.05) is 12.1 Å². The van der Waals surface area contributed by atoms with Gasteiger partial charge in [-0.15, -0.1) is 0 Å². The van der Waals surface area contributed by atoms with E-state index in [-0.39, 0.29) is 0 Å². The van der Waals surface area contributed by atoms with Crippen LogP contribution in [0, 0.1) is 5.92 Å². The zero-order valence-corrected chi connectivity index (χ0v) is 9.73. The molecule has 0 unspecified atom stereocenters. The molecular weight excluding hydrogens is 198 g/mol. The molecule has 0 atom stereocenters. The number of phenols is 1. The topological polar surface area (TPSA) is 46.2 Å². The molecule has 2 heteroatoms. The monoisotopic (exact) mass is 219 g/mol.